The van der Waals surface area contributed by atoms with E-state index in [1.54, 1.807) is 0 Å². The molecule has 0 bridgehead atoms. The van der Waals surface area contributed by atoms with Crippen LogP contribution in [0.25, 0.3) is 0 Å². The quantitative estimate of drug-likeness (QED) is 0.698. The van der Waals surface area contributed by atoms with Crippen molar-refractivity contribution in [3.8, 4) is 0 Å². The Labute approximate surface area is 85.9 Å². The molecule has 2 unspecified atom stereocenters. The van der Waals surface area contributed by atoms with Gasteiger partial charge in [-0.25, -0.2) is 0 Å². The van der Waals surface area contributed by atoms with Gasteiger partial charge in [0.05, 0.1) is 12.7 Å². The first kappa shape index (κ1) is 10.4. The van der Waals surface area contributed by atoms with Gasteiger partial charge in [0.1, 0.15) is 0 Å². The van der Waals surface area contributed by atoms with Crippen molar-refractivity contribution in [2.45, 2.75) is 51.4 Å². The average Bonchev–Trinajstić information content (AvgIpc) is 2.46. The highest BCUT2D eigenvalue weighted by atomic mass is 16.7. The largest absolute Gasteiger partial charge is 0.347 e. The van der Waals surface area contributed by atoms with Gasteiger partial charge in [0.15, 0.2) is 5.79 Å². The average molecular weight is 199 g/mol. The molecule has 2 aliphatic rings. The molecule has 0 radical (unpaired) electrons. The Morgan fingerprint density at radius 1 is 1.36 bits per heavy atom. The van der Waals surface area contributed by atoms with Gasteiger partial charge in [-0.05, 0) is 18.3 Å². The van der Waals surface area contributed by atoms with E-state index in [4.69, 9.17) is 15.2 Å². The zero-order valence-corrected chi connectivity index (χ0v) is 9.21. The molecule has 2 fully saturated rings. The molecule has 1 aliphatic heterocycles. The van der Waals surface area contributed by atoms with Gasteiger partial charge in [0.25, 0.3) is 0 Å². The molecule has 1 aliphatic carbocycles. The third-order valence-electron chi connectivity index (χ3n) is 3.34. The molecule has 2 atom stereocenters. The van der Waals surface area contributed by atoms with E-state index < -0.39 is 0 Å². The fourth-order valence-electron chi connectivity index (χ4n) is 2.70. The molecule has 2 N–H and O–H groups in total. The molecule has 3 nitrogen and oxygen atoms in total. The van der Waals surface area contributed by atoms with Crippen molar-refractivity contribution in [3.63, 3.8) is 0 Å². The minimum atomic E-state index is -0.300. The Balaban J connectivity index is 2.03. The highest BCUT2D eigenvalue weighted by molar-refractivity contribution is 4.89. The summed E-state index contributed by atoms with van der Waals surface area (Å²) in [6.07, 6.45) is 4.63. The lowest BCUT2D eigenvalue weighted by molar-refractivity contribution is -0.206. The fraction of sp³-hybridized carbons (Fsp3) is 1.00. The summed E-state index contributed by atoms with van der Waals surface area (Å²) >= 11 is 0. The molecule has 0 amide bonds. The van der Waals surface area contributed by atoms with Crippen LogP contribution in [-0.4, -0.2) is 25.0 Å². The maximum Gasteiger partial charge on any atom is 0.169 e. The first-order chi connectivity index (χ1) is 6.55. The summed E-state index contributed by atoms with van der Waals surface area (Å²) < 4.78 is 11.7. The molecule has 0 aromatic heterocycles. The van der Waals surface area contributed by atoms with E-state index in [-0.39, 0.29) is 11.9 Å². The van der Waals surface area contributed by atoms with Crippen molar-refractivity contribution < 1.29 is 9.47 Å². The normalized spacial score (nSPS) is 41.8. The van der Waals surface area contributed by atoms with Crippen molar-refractivity contribution in [3.05, 3.63) is 0 Å². The molecule has 1 heterocycles. The van der Waals surface area contributed by atoms with E-state index in [2.05, 4.69) is 13.8 Å². The Morgan fingerprint density at radius 2 is 2.14 bits per heavy atom. The molecule has 0 aromatic rings. The van der Waals surface area contributed by atoms with E-state index in [1.807, 2.05) is 0 Å². The topological polar surface area (TPSA) is 44.5 Å². The van der Waals surface area contributed by atoms with Crippen molar-refractivity contribution in [1.29, 1.82) is 0 Å². The van der Waals surface area contributed by atoms with Gasteiger partial charge in [0, 0.05) is 19.4 Å². The van der Waals surface area contributed by atoms with Gasteiger partial charge in [-0.3, -0.25) is 0 Å². The Kier molecular flexibility index (Phi) is 2.58. The predicted octanol–water partition coefficient (Wildman–Crippen LogP) is 1.66. The monoisotopic (exact) mass is 199 g/mol. The lowest BCUT2D eigenvalue weighted by Gasteiger charge is -2.41. The Hall–Kier alpha value is -0.120. The van der Waals surface area contributed by atoms with Crippen molar-refractivity contribution in [1.82, 2.24) is 0 Å². The maximum absolute atomic E-state index is 5.93. The van der Waals surface area contributed by atoms with E-state index >= 15 is 0 Å². The van der Waals surface area contributed by atoms with Crippen LogP contribution < -0.4 is 5.73 Å². The lowest BCUT2D eigenvalue weighted by Crippen LogP contribution is -2.40. The van der Waals surface area contributed by atoms with Crippen LogP contribution in [0.4, 0.5) is 0 Å². The number of rotatable bonds is 1. The first-order valence-electron chi connectivity index (χ1n) is 5.57. The number of hydrogen-bond donors (Lipinski definition) is 1. The molecular formula is C11H21NO2. The molecule has 14 heavy (non-hydrogen) atoms. The van der Waals surface area contributed by atoms with E-state index in [9.17, 15) is 0 Å². The summed E-state index contributed by atoms with van der Waals surface area (Å²) in [6, 6.07) is 0. The molecule has 3 heteroatoms. The van der Waals surface area contributed by atoms with Crippen molar-refractivity contribution in [2.75, 3.05) is 13.2 Å². The zero-order valence-electron chi connectivity index (χ0n) is 9.21. The minimum absolute atomic E-state index is 0.115. The second-order valence-corrected chi connectivity index (χ2v) is 5.39. The molecule has 82 valence electrons. The predicted molar refractivity (Wildman–Crippen MR) is 54.9 cm³/mol. The Morgan fingerprint density at radius 3 is 2.71 bits per heavy atom. The fourth-order valence-corrected chi connectivity index (χ4v) is 2.70. The van der Waals surface area contributed by atoms with Gasteiger partial charge in [-0.2, -0.15) is 0 Å². The Bertz CT molecular complexity index is 217. The van der Waals surface area contributed by atoms with E-state index in [1.165, 1.54) is 12.8 Å². The van der Waals surface area contributed by atoms with Crippen molar-refractivity contribution >= 4 is 0 Å². The van der Waals surface area contributed by atoms with Crippen LogP contribution >= 0.6 is 0 Å². The molecule has 1 spiro atoms. The molecule has 1 saturated carbocycles. The summed E-state index contributed by atoms with van der Waals surface area (Å²) in [7, 11) is 0. The maximum atomic E-state index is 5.93. The second-order valence-electron chi connectivity index (χ2n) is 5.39. The smallest absolute Gasteiger partial charge is 0.169 e. The minimum Gasteiger partial charge on any atom is -0.347 e. The van der Waals surface area contributed by atoms with E-state index in [0.29, 0.717) is 18.6 Å². The van der Waals surface area contributed by atoms with Crippen molar-refractivity contribution in [2.24, 2.45) is 11.1 Å². The van der Waals surface area contributed by atoms with Crippen LogP contribution in [0.1, 0.15) is 39.5 Å². The van der Waals surface area contributed by atoms with Crippen LogP contribution in [0.2, 0.25) is 0 Å². The second kappa shape index (κ2) is 3.47. The molecule has 2 rings (SSSR count). The third-order valence-corrected chi connectivity index (χ3v) is 3.34. The summed E-state index contributed by atoms with van der Waals surface area (Å²) in [5, 5.41) is 0. The number of hydrogen-bond acceptors (Lipinski definition) is 3. The summed E-state index contributed by atoms with van der Waals surface area (Å²) in [6.45, 7) is 5.82. The SMILES string of the molecule is CC1(C)CCCC2(C1)OCC(CN)O2. The number of nitrogens with two attached hydrogens (primary N) is 1. The van der Waals surface area contributed by atoms with Gasteiger partial charge >= 0.3 is 0 Å². The summed E-state index contributed by atoms with van der Waals surface area (Å²) in [5.41, 5.74) is 5.94. The molecular weight excluding hydrogens is 178 g/mol. The standard InChI is InChI=1S/C11H21NO2/c1-10(2)4-3-5-11(8-10)13-7-9(6-12)14-11/h9H,3-8,12H2,1-2H3. The van der Waals surface area contributed by atoms with Gasteiger partial charge in [-0.1, -0.05) is 13.8 Å². The summed E-state index contributed by atoms with van der Waals surface area (Å²) in [4.78, 5) is 0. The highest BCUT2D eigenvalue weighted by Gasteiger charge is 2.46. The highest BCUT2D eigenvalue weighted by Crippen LogP contribution is 2.46. The first-order valence-corrected chi connectivity index (χ1v) is 5.57. The van der Waals surface area contributed by atoms with Gasteiger partial charge < -0.3 is 15.2 Å². The van der Waals surface area contributed by atoms with Gasteiger partial charge in [0.2, 0.25) is 0 Å². The zero-order chi connectivity index (χ0) is 10.2. The third kappa shape index (κ3) is 1.95. The molecule has 1 saturated heterocycles. The van der Waals surface area contributed by atoms with Gasteiger partial charge in [-0.15, -0.1) is 0 Å². The number of ether oxygens (including phenoxy) is 2. The van der Waals surface area contributed by atoms with E-state index in [0.717, 1.165) is 12.8 Å². The van der Waals surface area contributed by atoms with Crippen LogP contribution in [0.15, 0.2) is 0 Å². The molecule has 0 aromatic carbocycles. The summed E-state index contributed by atoms with van der Waals surface area (Å²) in [5.74, 6) is -0.300. The van der Waals surface area contributed by atoms with Crippen LogP contribution in [-0.2, 0) is 9.47 Å². The van der Waals surface area contributed by atoms with Crippen LogP contribution in [0.5, 0.6) is 0 Å². The van der Waals surface area contributed by atoms with Crippen LogP contribution in [0.3, 0.4) is 0 Å². The lowest BCUT2D eigenvalue weighted by atomic mass is 9.74. The van der Waals surface area contributed by atoms with Crippen LogP contribution in [0, 0.1) is 5.41 Å².